The Labute approximate surface area is 196 Å². The summed E-state index contributed by atoms with van der Waals surface area (Å²) in [5.74, 6) is 3.66. The normalized spacial score (nSPS) is 60.0. The zero-order chi connectivity index (χ0) is 22.9. The van der Waals surface area contributed by atoms with Crippen molar-refractivity contribution in [1.82, 2.24) is 0 Å². The van der Waals surface area contributed by atoms with E-state index in [0.717, 1.165) is 19.3 Å². The highest BCUT2D eigenvalue weighted by Crippen LogP contribution is 2.76. The lowest BCUT2D eigenvalue weighted by molar-refractivity contribution is -0.249. The van der Waals surface area contributed by atoms with Crippen molar-refractivity contribution in [3.05, 3.63) is 12.2 Å². The van der Waals surface area contributed by atoms with Crippen molar-refractivity contribution in [1.29, 1.82) is 0 Å². The third-order valence-corrected chi connectivity index (χ3v) is 13.7. The molecule has 7 fully saturated rings. The number of esters is 1. The molecule has 2 nitrogen and oxygen atoms in total. The van der Waals surface area contributed by atoms with E-state index in [1.807, 2.05) is 0 Å². The summed E-state index contributed by atoms with van der Waals surface area (Å²) in [5, 5.41) is 0. The molecule has 9 rings (SSSR count). The number of allylic oxidation sites excluding steroid dienone is 2. The summed E-state index contributed by atoms with van der Waals surface area (Å²) in [6, 6.07) is 0. The van der Waals surface area contributed by atoms with Gasteiger partial charge in [0.2, 0.25) is 0 Å². The highest BCUT2D eigenvalue weighted by atomic mass is 16.5. The zero-order valence-electron chi connectivity index (χ0n) is 21.7. The zero-order valence-corrected chi connectivity index (χ0v) is 21.7. The maximum Gasteiger partial charge on any atom is 0.312 e. The fourth-order valence-corrected chi connectivity index (χ4v) is 11.3. The summed E-state index contributed by atoms with van der Waals surface area (Å²) in [6.07, 6.45) is 14.8. The van der Waals surface area contributed by atoms with Gasteiger partial charge in [-0.2, -0.15) is 0 Å². The summed E-state index contributed by atoms with van der Waals surface area (Å²) in [6.45, 7) is 17.7. The molecule has 4 saturated carbocycles. The third kappa shape index (κ3) is 2.23. The minimum absolute atomic E-state index is 0.0493. The monoisotopic (exact) mass is 438 g/mol. The predicted molar refractivity (Wildman–Crippen MR) is 129 cm³/mol. The van der Waals surface area contributed by atoms with Crippen LogP contribution in [-0.2, 0) is 9.53 Å². The average molecular weight is 439 g/mol. The molecule has 11 atom stereocenters. The minimum atomic E-state index is -0.265. The van der Waals surface area contributed by atoms with Gasteiger partial charge in [-0.15, -0.1) is 0 Å². The topological polar surface area (TPSA) is 26.3 Å². The maximum atomic E-state index is 14.3. The summed E-state index contributed by atoms with van der Waals surface area (Å²) in [5.41, 5.74) is 0.701. The van der Waals surface area contributed by atoms with Crippen LogP contribution in [0.3, 0.4) is 0 Å². The second-order valence-corrected chi connectivity index (χ2v) is 14.6. The molecule has 0 N–H and O–H groups in total. The van der Waals surface area contributed by atoms with Crippen molar-refractivity contribution in [3.8, 4) is 0 Å². The van der Waals surface area contributed by atoms with Crippen LogP contribution in [-0.4, -0.2) is 12.1 Å². The Bertz CT molecular complexity index is 872. The van der Waals surface area contributed by atoms with Crippen LogP contribution in [0.25, 0.3) is 0 Å². The number of carbonyl (C=O) groups is 1. The largest absolute Gasteiger partial charge is 0.461 e. The van der Waals surface area contributed by atoms with Crippen molar-refractivity contribution >= 4 is 5.97 Å². The Balaban J connectivity index is 1.62. The Morgan fingerprint density at radius 2 is 1.59 bits per heavy atom. The molecule has 5 aliphatic carbocycles. The Morgan fingerprint density at radius 3 is 2.34 bits per heavy atom. The molecule has 3 saturated heterocycles. The van der Waals surface area contributed by atoms with Crippen LogP contribution in [0, 0.1) is 62.6 Å². The van der Waals surface area contributed by atoms with Crippen LogP contribution in [0.5, 0.6) is 0 Å². The highest BCUT2D eigenvalue weighted by Gasteiger charge is 2.71. The van der Waals surface area contributed by atoms with E-state index in [1.54, 1.807) is 0 Å². The van der Waals surface area contributed by atoms with Gasteiger partial charge in [-0.1, -0.05) is 60.6 Å². The maximum absolute atomic E-state index is 14.3. The molecule has 178 valence electrons. The number of carbonyl (C=O) groups excluding carboxylic acids is 1. The van der Waals surface area contributed by atoms with Crippen molar-refractivity contribution in [3.63, 3.8) is 0 Å². The number of hydrogen-bond donors (Lipinski definition) is 0. The van der Waals surface area contributed by atoms with Crippen molar-refractivity contribution in [2.75, 3.05) is 0 Å². The van der Waals surface area contributed by atoms with E-state index in [9.17, 15) is 4.79 Å². The first-order valence-corrected chi connectivity index (χ1v) is 13.8. The summed E-state index contributed by atoms with van der Waals surface area (Å²) >= 11 is 0. The van der Waals surface area contributed by atoms with Crippen LogP contribution < -0.4 is 0 Å². The quantitative estimate of drug-likeness (QED) is 0.290. The van der Waals surface area contributed by atoms with E-state index in [2.05, 4.69) is 60.6 Å². The van der Waals surface area contributed by atoms with Crippen LogP contribution in [0.2, 0.25) is 0 Å². The highest BCUT2D eigenvalue weighted by molar-refractivity contribution is 5.78. The van der Waals surface area contributed by atoms with Crippen LogP contribution >= 0.6 is 0 Å². The summed E-state index contributed by atoms with van der Waals surface area (Å²) in [7, 11) is 0. The van der Waals surface area contributed by atoms with Crippen LogP contribution in [0.1, 0.15) is 99.8 Å². The van der Waals surface area contributed by atoms with E-state index in [-0.39, 0.29) is 28.3 Å². The molecule has 0 aromatic carbocycles. The van der Waals surface area contributed by atoms with Crippen molar-refractivity contribution in [2.45, 2.75) is 106 Å². The van der Waals surface area contributed by atoms with E-state index in [0.29, 0.717) is 46.3 Å². The Hall–Kier alpha value is -0.790. The van der Waals surface area contributed by atoms with Crippen LogP contribution in [0.4, 0.5) is 0 Å². The van der Waals surface area contributed by atoms with Gasteiger partial charge in [-0.3, -0.25) is 4.79 Å². The molecule has 1 spiro atoms. The first-order chi connectivity index (χ1) is 14.9. The van der Waals surface area contributed by atoms with Gasteiger partial charge < -0.3 is 4.74 Å². The molecule has 1 unspecified atom stereocenters. The van der Waals surface area contributed by atoms with E-state index in [1.165, 1.54) is 32.1 Å². The molecule has 0 aromatic heterocycles. The Morgan fingerprint density at radius 1 is 0.844 bits per heavy atom. The molecular weight excluding hydrogens is 392 g/mol. The van der Waals surface area contributed by atoms with Gasteiger partial charge in [-0.05, 0) is 103 Å². The van der Waals surface area contributed by atoms with Gasteiger partial charge in [0.15, 0.2) is 0 Å². The lowest BCUT2D eigenvalue weighted by atomic mass is 9.32. The van der Waals surface area contributed by atoms with Crippen LogP contribution in [0.15, 0.2) is 12.2 Å². The lowest BCUT2D eigenvalue weighted by Crippen LogP contribution is -2.68. The van der Waals surface area contributed by atoms with E-state index < -0.39 is 0 Å². The molecule has 0 radical (unpaired) electrons. The smallest absolute Gasteiger partial charge is 0.312 e. The fraction of sp³-hybridized carbons (Fsp3) is 0.900. The molecule has 0 aromatic rings. The molecule has 9 aliphatic rings. The minimum Gasteiger partial charge on any atom is -0.461 e. The SMILES string of the molecule is C[C@@H]1[C@H]2[C@H]3C=C[C@@H]4[C@@]5(C)CC[C@@H]6OC(=O)[C@@]2(CC[C@H]1C)CC[C@@]3(C)[C@]4(C)CCC5C6(C)C. The van der Waals surface area contributed by atoms with Crippen molar-refractivity contribution < 1.29 is 9.53 Å². The molecule has 32 heavy (non-hydrogen) atoms. The first kappa shape index (κ1) is 21.7. The number of rotatable bonds is 0. The Kier molecular flexibility index (Phi) is 4.24. The fourth-order valence-electron chi connectivity index (χ4n) is 11.3. The first-order valence-electron chi connectivity index (χ1n) is 13.8. The molecule has 0 amide bonds. The molecule has 4 aliphatic heterocycles. The molecular formula is C30H46O2. The van der Waals surface area contributed by atoms with Gasteiger partial charge in [0, 0.05) is 5.41 Å². The van der Waals surface area contributed by atoms with Gasteiger partial charge in [-0.25, -0.2) is 0 Å². The second kappa shape index (κ2) is 6.25. The van der Waals surface area contributed by atoms with Gasteiger partial charge in [0.25, 0.3) is 0 Å². The third-order valence-electron chi connectivity index (χ3n) is 13.7. The molecule has 8 bridgehead atoms. The van der Waals surface area contributed by atoms with Crippen molar-refractivity contribution in [2.24, 2.45) is 62.6 Å². The summed E-state index contributed by atoms with van der Waals surface area (Å²) in [4.78, 5) is 14.3. The molecule has 2 heteroatoms. The molecule has 4 heterocycles. The van der Waals surface area contributed by atoms with Gasteiger partial charge >= 0.3 is 5.97 Å². The lowest BCUT2D eigenvalue weighted by Gasteiger charge is -2.73. The average Bonchev–Trinajstić information content (AvgIpc) is 2.72. The van der Waals surface area contributed by atoms with E-state index >= 15 is 0 Å². The second-order valence-electron chi connectivity index (χ2n) is 14.6. The number of ether oxygens (including phenoxy) is 1. The number of hydrogen-bond acceptors (Lipinski definition) is 2. The predicted octanol–water partition coefficient (Wildman–Crippen LogP) is 7.43. The van der Waals surface area contributed by atoms with Gasteiger partial charge in [0.1, 0.15) is 6.10 Å². The van der Waals surface area contributed by atoms with E-state index in [4.69, 9.17) is 4.74 Å². The standard InChI is InChI=1S/C30H46O2/c1-18-10-15-30-17-16-28(6)20(24(30)19(18)2)8-9-22-27(5)13-12-23(32-25(30)31)26(3,4)21(27)11-14-29(22,28)7/h8-9,18-24H,10-17H2,1-7H3/t18-,19+,20-,21?,22-,23+,24+,27+,28-,29-,30+/m1/s1. The van der Waals surface area contributed by atoms with Gasteiger partial charge in [0.05, 0.1) is 5.41 Å². The summed E-state index contributed by atoms with van der Waals surface area (Å²) < 4.78 is 6.69.